The first-order chi connectivity index (χ1) is 12.9. The molecule has 1 N–H and O–H groups in total. The van der Waals surface area contributed by atoms with E-state index in [2.05, 4.69) is 0 Å². The lowest BCUT2D eigenvalue weighted by atomic mass is 10.0. The molecular weight excluding hydrogens is 348 g/mol. The number of likely N-dealkylation sites (tertiary alicyclic amines) is 1. The number of carbonyl (C=O) groups excluding carboxylic acids is 3. The van der Waals surface area contributed by atoms with Crippen LogP contribution in [0, 0.1) is 0 Å². The van der Waals surface area contributed by atoms with E-state index in [4.69, 9.17) is 4.74 Å². The Morgan fingerprint density at radius 3 is 2.63 bits per heavy atom. The molecule has 0 saturated carbocycles. The summed E-state index contributed by atoms with van der Waals surface area (Å²) in [4.78, 5) is 40.7. The number of fused-ring (bicyclic) bond motifs is 1. The predicted octanol–water partition coefficient (Wildman–Crippen LogP) is 1.77. The molecule has 7 heteroatoms. The van der Waals surface area contributed by atoms with E-state index in [1.807, 2.05) is 6.92 Å². The van der Waals surface area contributed by atoms with Crippen molar-refractivity contribution in [3.63, 3.8) is 0 Å². The van der Waals surface area contributed by atoms with Crippen LogP contribution in [-0.4, -0.2) is 59.4 Å². The van der Waals surface area contributed by atoms with Crippen LogP contribution < -0.4 is 9.64 Å². The van der Waals surface area contributed by atoms with Crippen LogP contribution in [0.25, 0.3) is 0 Å². The van der Waals surface area contributed by atoms with Gasteiger partial charge in [-0.05, 0) is 44.4 Å². The number of Topliss-reactive ketones (excluding diaryl/α,β-unsaturated/α-hetero) is 1. The van der Waals surface area contributed by atoms with Crippen molar-refractivity contribution < 1.29 is 24.2 Å². The Morgan fingerprint density at radius 2 is 1.96 bits per heavy atom. The first kappa shape index (κ1) is 19.4. The molecule has 1 aromatic carbocycles. The van der Waals surface area contributed by atoms with Gasteiger partial charge in [-0.25, -0.2) is 0 Å². The molecule has 2 amide bonds. The fourth-order valence-electron chi connectivity index (χ4n) is 3.47. The summed E-state index contributed by atoms with van der Waals surface area (Å²) in [5.74, 6) is 0.0354. The number of hydrogen-bond acceptors (Lipinski definition) is 5. The van der Waals surface area contributed by atoms with Gasteiger partial charge in [-0.1, -0.05) is 6.92 Å². The summed E-state index contributed by atoms with van der Waals surface area (Å²) in [6, 6.07) is 5.03. The van der Waals surface area contributed by atoms with Gasteiger partial charge in [0, 0.05) is 25.1 Å². The molecule has 2 aliphatic heterocycles. The summed E-state index contributed by atoms with van der Waals surface area (Å²) in [5.41, 5.74) is 0.977. The summed E-state index contributed by atoms with van der Waals surface area (Å²) in [6.45, 7) is 4.45. The van der Waals surface area contributed by atoms with Crippen LogP contribution in [-0.2, 0) is 9.59 Å². The number of ketones is 1. The third-order valence-electron chi connectivity index (χ3n) is 5.08. The number of anilines is 1. The fourth-order valence-corrected chi connectivity index (χ4v) is 3.47. The maximum Gasteiger partial charge on any atom is 0.268 e. The van der Waals surface area contributed by atoms with Gasteiger partial charge in [0.2, 0.25) is 5.91 Å². The largest absolute Gasteiger partial charge is 0.479 e. The Kier molecular flexibility index (Phi) is 5.79. The highest BCUT2D eigenvalue weighted by molar-refractivity contribution is 6.05. The molecule has 2 heterocycles. The van der Waals surface area contributed by atoms with Crippen molar-refractivity contribution >= 4 is 23.3 Å². The summed E-state index contributed by atoms with van der Waals surface area (Å²) in [6.07, 6.45) is 1.21. The zero-order valence-corrected chi connectivity index (χ0v) is 15.8. The van der Waals surface area contributed by atoms with Crippen molar-refractivity contribution in [3.8, 4) is 5.75 Å². The molecule has 1 saturated heterocycles. The number of nitrogens with zero attached hydrogens (tertiary/aromatic N) is 2. The molecule has 0 aromatic heterocycles. The lowest BCUT2D eigenvalue weighted by molar-refractivity contribution is -0.134. The van der Waals surface area contributed by atoms with Gasteiger partial charge in [-0.2, -0.15) is 0 Å². The Morgan fingerprint density at radius 1 is 1.26 bits per heavy atom. The average molecular weight is 374 g/mol. The lowest BCUT2D eigenvalue weighted by Crippen LogP contribution is -2.51. The number of rotatable bonds is 5. The molecule has 0 spiro atoms. The van der Waals surface area contributed by atoms with Crippen LogP contribution in [0.5, 0.6) is 5.75 Å². The van der Waals surface area contributed by atoms with Crippen molar-refractivity contribution in [2.45, 2.75) is 51.7 Å². The maximum atomic E-state index is 12.7. The molecule has 0 bridgehead atoms. The van der Waals surface area contributed by atoms with Crippen molar-refractivity contribution in [1.82, 2.24) is 4.90 Å². The molecule has 27 heavy (non-hydrogen) atoms. The fraction of sp³-hybridized carbons (Fsp3) is 0.550. The lowest BCUT2D eigenvalue weighted by Gasteiger charge is -2.35. The number of hydrogen-bond donors (Lipinski definition) is 1. The minimum Gasteiger partial charge on any atom is -0.479 e. The summed E-state index contributed by atoms with van der Waals surface area (Å²) < 4.78 is 5.65. The molecule has 7 nitrogen and oxygen atoms in total. The van der Waals surface area contributed by atoms with Crippen LogP contribution in [0.3, 0.4) is 0 Å². The van der Waals surface area contributed by atoms with Gasteiger partial charge in [0.1, 0.15) is 12.3 Å². The number of aliphatic hydroxyl groups is 1. The average Bonchev–Trinajstić information content (AvgIpc) is 2.65. The van der Waals surface area contributed by atoms with Crippen molar-refractivity contribution in [2.24, 2.45) is 0 Å². The van der Waals surface area contributed by atoms with E-state index in [0.29, 0.717) is 49.4 Å². The van der Waals surface area contributed by atoms with Gasteiger partial charge >= 0.3 is 0 Å². The minimum atomic E-state index is -0.689. The molecule has 1 unspecified atom stereocenters. The zero-order valence-electron chi connectivity index (χ0n) is 15.8. The first-order valence-electron chi connectivity index (χ1n) is 9.51. The minimum absolute atomic E-state index is 0.00247. The van der Waals surface area contributed by atoms with Crippen molar-refractivity contribution in [3.05, 3.63) is 23.8 Å². The van der Waals surface area contributed by atoms with E-state index in [1.54, 1.807) is 30.0 Å². The molecule has 1 aromatic rings. The molecule has 1 atom stereocenters. The smallest absolute Gasteiger partial charge is 0.268 e. The quantitative estimate of drug-likeness (QED) is 0.794. The number of amides is 2. The van der Waals surface area contributed by atoms with Gasteiger partial charge in [0.05, 0.1) is 11.8 Å². The highest BCUT2D eigenvalue weighted by Gasteiger charge is 2.34. The zero-order chi connectivity index (χ0) is 19.6. The van der Waals surface area contributed by atoms with E-state index >= 15 is 0 Å². The Balaban J connectivity index is 1.84. The number of aliphatic hydroxyl groups excluding tert-OH is 1. The van der Waals surface area contributed by atoms with Crippen LogP contribution >= 0.6 is 0 Å². The highest BCUT2D eigenvalue weighted by atomic mass is 16.5. The number of carbonyl (C=O) groups is 3. The normalized spacial score (nSPS) is 20.3. The van der Waals surface area contributed by atoms with Gasteiger partial charge in [-0.3, -0.25) is 19.3 Å². The second kappa shape index (κ2) is 8.08. The van der Waals surface area contributed by atoms with Crippen LogP contribution in [0.1, 0.15) is 49.9 Å². The second-order valence-corrected chi connectivity index (χ2v) is 7.15. The Hall–Kier alpha value is -2.41. The SMILES string of the molecule is CCCC(=O)c1ccc2c(c1)N(CC(=O)N1CCC(O)CC1)C(=O)C(C)O2. The molecule has 1 fully saturated rings. The summed E-state index contributed by atoms with van der Waals surface area (Å²) >= 11 is 0. The highest BCUT2D eigenvalue weighted by Crippen LogP contribution is 2.35. The molecule has 0 aliphatic carbocycles. The van der Waals surface area contributed by atoms with Crippen LogP contribution in [0.2, 0.25) is 0 Å². The maximum absolute atomic E-state index is 12.7. The Labute approximate surface area is 158 Å². The van der Waals surface area contributed by atoms with Crippen LogP contribution in [0.4, 0.5) is 5.69 Å². The summed E-state index contributed by atoms with van der Waals surface area (Å²) in [5, 5.41) is 9.61. The second-order valence-electron chi connectivity index (χ2n) is 7.15. The van der Waals surface area contributed by atoms with E-state index in [9.17, 15) is 19.5 Å². The first-order valence-corrected chi connectivity index (χ1v) is 9.51. The van der Waals surface area contributed by atoms with Gasteiger partial charge in [0.15, 0.2) is 11.9 Å². The van der Waals surface area contributed by atoms with E-state index < -0.39 is 6.10 Å². The standard InChI is InChI=1S/C20H26N2O5/c1-3-4-17(24)14-5-6-18-16(11-14)22(20(26)13(2)27-18)12-19(25)21-9-7-15(23)8-10-21/h5-6,11,13,15,23H,3-4,7-10,12H2,1-2H3. The monoisotopic (exact) mass is 374 g/mol. The topological polar surface area (TPSA) is 87.2 Å². The molecular formula is C20H26N2O5. The van der Waals surface area contributed by atoms with Crippen LogP contribution in [0.15, 0.2) is 18.2 Å². The molecule has 3 rings (SSSR count). The third-order valence-corrected chi connectivity index (χ3v) is 5.08. The number of benzene rings is 1. The van der Waals surface area contributed by atoms with Gasteiger partial charge < -0.3 is 14.7 Å². The predicted molar refractivity (Wildman–Crippen MR) is 99.9 cm³/mol. The number of piperidine rings is 1. The van der Waals surface area contributed by atoms with Gasteiger partial charge in [0.25, 0.3) is 5.91 Å². The summed E-state index contributed by atoms with van der Waals surface area (Å²) in [7, 11) is 0. The van der Waals surface area contributed by atoms with E-state index in [-0.39, 0.29) is 30.2 Å². The van der Waals surface area contributed by atoms with Crippen molar-refractivity contribution in [2.75, 3.05) is 24.5 Å². The molecule has 146 valence electrons. The van der Waals surface area contributed by atoms with Crippen molar-refractivity contribution in [1.29, 1.82) is 0 Å². The number of ether oxygens (including phenoxy) is 1. The molecule has 0 radical (unpaired) electrons. The molecule has 2 aliphatic rings. The third kappa shape index (κ3) is 4.13. The Bertz CT molecular complexity index is 740. The van der Waals surface area contributed by atoms with Gasteiger partial charge in [-0.15, -0.1) is 0 Å². The van der Waals surface area contributed by atoms with E-state index in [0.717, 1.165) is 6.42 Å². The van der Waals surface area contributed by atoms with E-state index in [1.165, 1.54) is 4.90 Å².